The molecule has 0 aliphatic carbocycles. The normalized spacial score (nSPS) is 10.3. The van der Waals surface area contributed by atoms with Gasteiger partial charge in [-0.1, -0.05) is 17.3 Å². The van der Waals surface area contributed by atoms with Gasteiger partial charge in [-0.2, -0.15) is 4.39 Å². The molecule has 0 atom stereocenters. The second-order valence-corrected chi connectivity index (χ2v) is 2.96. The third-order valence-corrected chi connectivity index (χ3v) is 1.94. The Kier molecular flexibility index (Phi) is 4.31. The van der Waals surface area contributed by atoms with Crippen LogP contribution in [-0.2, 0) is 0 Å². The summed E-state index contributed by atoms with van der Waals surface area (Å²) >= 11 is 0. The minimum Gasteiger partial charge on any atom is -0.228 e. The average molecular weight is 206 g/mol. The fraction of sp³-hybridized carbons (Fsp3) is 0.300. The number of rotatable bonds is 4. The minimum absolute atomic E-state index is 0.416. The number of hydrogen-bond donors (Lipinski definition) is 0. The van der Waals surface area contributed by atoms with Crippen LogP contribution in [0.2, 0.25) is 0 Å². The zero-order valence-corrected chi connectivity index (χ0v) is 8.39. The van der Waals surface area contributed by atoms with E-state index in [0.29, 0.717) is 18.5 Å². The maximum Gasteiger partial charge on any atom is 0.216 e. The molecule has 0 saturated heterocycles. The molecule has 78 valence electrons. The van der Waals surface area contributed by atoms with Crippen LogP contribution >= 0.6 is 0 Å². The van der Waals surface area contributed by atoms with Gasteiger partial charge in [-0.15, -0.1) is 0 Å². The van der Waals surface area contributed by atoms with E-state index in [1.54, 1.807) is 19.1 Å². The Bertz CT molecular complexity index is 408. The lowest BCUT2D eigenvalue weighted by Gasteiger charge is -1.99. The molecule has 0 N–H and O–H groups in total. The van der Waals surface area contributed by atoms with Gasteiger partial charge in [-0.05, 0) is 30.5 Å². The van der Waals surface area contributed by atoms with Crippen molar-refractivity contribution in [3.05, 3.63) is 45.9 Å². The van der Waals surface area contributed by atoms with Crippen LogP contribution in [0.15, 0.2) is 23.5 Å². The van der Waals surface area contributed by atoms with Crippen molar-refractivity contribution in [2.24, 2.45) is 5.11 Å². The molecule has 4 nitrogen and oxygen atoms in total. The minimum atomic E-state index is -0.452. The van der Waals surface area contributed by atoms with Crippen LogP contribution in [0.3, 0.4) is 0 Å². The van der Waals surface area contributed by atoms with Gasteiger partial charge in [0.15, 0.2) is 0 Å². The Labute approximate surface area is 87.1 Å². The van der Waals surface area contributed by atoms with E-state index in [1.807, 2.05) is 6.08 Å². The Hall–Kier alpha value is -1.87. The molecule has 0 spiro atoms. The van der Waals surface area contributed by atoms with Crippen LogP contribution in [0.1, 0.15) is 17.5 Å². The molecule has 0 amide bonds. The third kappa shape index (κ3) is 3.40. The van der Waals surface area contributed by atoms with Crippen molar-refractivity contribution in [2.45, 2.75) is 13.3 Å². The first-order chi connectivity index (χ1) is 7.25. The van der Waals surface area contributed by atoms with Gasteiger partial charge in [0.2, 0.25) is 5.95 Å². The van der Waals surface area contributed by atoms with Crippen LogP contribution in [0.5, 0.6) is 0 Å². The summed E-state index contributed by atoms with van der Waals surface area (Å²) in [6.07, 6.45) is 5.71. The summed E-state index contributed by atoms with van der Waals surface area (Å²) in [5.74, 6) is -0.452. The highest BCUT2D eigenvalue weighted by Crippen LogP contribution is 2.11. The monoisotopic (exact) mass is 206 g/mol. The van der Waals surface area contributed by atoms with Crippen molar-refractivity contribution in [3.63, 3.8) is 0 Å². The van der Waals surface area contributed by atoms with Crippen LogP contribution in [0, 0.1) is 12.9 Å². The number of pyridine rings is 1. The molecule has 15 heavy (non-hydrogen) atoms. The predicted molar refractivity (Wildman–Crippen MR) is 56.6 cm³/mol. The fourth-order valence-electron chi connectivity index (χ4n) is 1.09. The van der Waals surface area contributed by atoms with Gasteiger partial charge in [-0.3, -0.25) is 0 Å². The number of azide groups is 1. The number of nitrogens with zero attached hydrogens (tertiary/aromatic N) is 4. The van der Waals surface area contributed by atoms with Crippen LogP contribution < -0.4 is 0 Å². The van der Waals surface area contributed by atoms with Gasteiger partial charge in [0.25, 0.3) is 0 Å². The molecule has 0 fully saturated rings. The molecule has 1 heterocycles. The van der Waals surface area contributed by atoms with Gasteiger partial charge < -0.3 is 0 Å². The highest BCUT2D eigenvalue weighted by Gasteiger charge is 2.00. The molecule has 0 aliphatic heterocycles. The topological polar surface area (TPSA) is 61.7 Å². The highest BCUT2D eigenvalue weighted by molar-refractivity contribution is 5.52. The van der Waals surface area contributed by atoms with E-state index in [0.717, 1.165) is 5.56 Å². The summed E-state index contributed by atoms with van der Waals surface area (Å²) in [5, 5.41) is 3.39. The highest BCUT2D eigenvalue weighted by atomic mass is 19.1. The summed E-state index contributed by atoms with van der Waals surface area (Å²) < 4.78 is 13.0. The van der Waals surface area contributed by atoms with Crippen LogP contribution in [-0.4, -0.2) is 11.5 Å². The standard InChI is InChI=1S/C10H11FN4/c1-8-9(5-7-13-10(8)11)4-2-3-6-14-15-12/h2,4-5,7H,3,6H2,1H3. The van der Waals surface area contributed by atoms with Gasteiger partial charge in [0.1, 0.15) is 0 Å². The second kappa shape index (κ2) is 5.78. The third-order valence-electron chi connectivity index (χ3n) is 1.94. The van der Waals surface area contributed by atoms with Crippen molar-refractivity contribution >= 4 is 6.08 Å². The number of aromatic nitrogens is 1. The molecular weight excluding hydrogens is 195 g/mol. The lowest BCUT2D eigenvalue weighted by atomic mass is 10.1. The van der Waals surface area contributed by atoms with E-state index in [2.05, 4.69) is 15.0 Å². The van der Waals surface area contributed by atoms with E-state index in [-0.39, 0.29) is 0 Å². The smallest absolute Gasteiger partial charge is 0.216 e. The van der Waals surface area contributed by atoms with E-state index >= 15 is 0 Å². The quantitative estimate of drug-likeness (QED) is 0.245. The van der Waals surface area contributed by atoms with E-state index in [9.17, 15) is 4.39 Å². The van der Waals surface area contributed by atoms with E-state index in [1.165, 1.54) is 6.20 Å². The van der Waals surface area contributed by atoms with Crippen LogP contribution in [0.25, 0.3) is 16.5 Å². The van der Waals surface area contributed by atoms with Crippen molar-refractivity contribution < 1.29 is 4.39 Å². The average Bonchev–Trinajstić information content (AvgIpc) is 2.24. The molecule has 0 aromatic carbocycles. The Morgan fingerprint density at radius 1 is 1.67 bits per heavy atom. The Balaban J connectivity index is 2.64. The largest absolute Gasteiger partial charge is 0.228 e. The number of halogens is 1. The van der Waals surface area contributed by atoms with E-state index < -0.39 is 5.95 Å². The first-order valence-electron chi connectivity index (χ1n) is 4.54. The molecular formula is C10H11FN4. The zero-order valence-electron chi connectivity index (χ0n) is 8.39. The first kappa shape index (κ1) is 11.2. The van der Waals surface area contributed by atoms with E-state index in [4.69, 9.17) is 5.53 Å². The predicted octanol–water partition coefficient (Wildman–Crippen LogP) is 3.24. The summed E-state index contributed by atoms with van der Waals surface area (Å²) in [4.78, 5) is 6.16. The van der Waals surface area contributed by atoms with Gasteiger partial charge >= 0.3 is 0 Å². The summed E-state index contributed by atoms with van der Waals surface area (Å²) in [6, 6.07) is 1.74. The molecule has 0 unspecified atom stereocenters. The molecule has 0 aliphatic rings. The lowest BCUT2D eigenvalue weighted by molar-refractivity contribution is 0.574. The van der Waals surface area contributed by atoms with Gasteiger partial charge in [0, 0.05) is 23.2 Å². The lowest BCUT2D eigenvalue weighted by Crippen LogP contribution is -1.90. The summed E-state index contributed by atoms with van der Waals surface area (Å²) in [7, 11) is 0. The fourth-order valence-corrected chi connectivity index (χ4v) is 1.09. The molecule has 1 rings (SSSR count). The molecule has 0 radical (unpaired) electrons. The van der Waals surface area contributed by atoms with Gasteiger partial charge in [-0.25, -0.2) is 4.98 Å². The Morgan fingerprint density at radius 3 is 3.20 bits per heavy atom. The zero-order chi connectivity index (χ0) is 11.1. The molecule has 0 saturated carbocycles. The first-order valence-corrected chi connectivity index (χ1v) is 4.54. The van der Waals surface area contributed by atoms with Crippen LogP contribution in [0.4, 0.5) is 4.39 Å². The Morgan fingerprint density at radius 2 is 2.47 bits per heavy atom. The molecule has 5 heteroatoms. The van der Waals surface area contributed by atoms with Crippen molar-refractivity contribution in [3.8, 4) is 0 Å². The SMILES string of the molecule is Cc1c(C=CCCN=[N+]=[N-])ccnc1F. The van der Waals surface area contributed by atoms with Gasteiger partial charge in [0.05, 0.1) is 0 Å². The van der Waals surface area contributed by atoms with Crippen molar-refractivity contribution in [1.29, 1.82) is 0 Å². The van der Waals surface area contributed by atoms with Crippen molar-refractivity contribution in [2.75, 3.05) is 6.54 Å². The molecule has 1 aromatic heterocycles. The number of hydrogen-bond acceptors (Lipinski definition) is 2. The summed E-state index contributed by atoms with van der Waals surface area (Å²) in [6.45, 7) is 2.09. The van der Waals surface area contributed by atoms with Crippen molar-refractivity contribution in [1.82, 2.24) is 4.98 Å². The maximum absolute atomic E-state index is 13.0. The maximum atomic E-state index is 13.0. The summed E-state index contributed by atoms with van der Waals surface area (Å²) in [5.41, 5.74) is 9.36. The second-order valence-electron chi connectivity index (χ2n) is 2.96. The molecule has 0 bridgehead atoms. The molecule has 1 aromatic rings.